The molecule has 0 bridgehead atoms. The molecule has 1 N–H and O–H groups in total. The summed E-state index contributed by atoms with van der Waals surface area (Å²) in [5, 5.41) is 2.94. The highest BCUT2D eigenvalue weighted by Gasteiger charge is 2.37. The second-order valence-corrected chi connectivity index (χ2v) is 5.39. The van der Waals surface area contributed by atoms with Crippen LogP contribution in [0.25, 0.3) is 0 Å². The fourth-order valence-electron chi connectivity index (χ4n) is 2.91. The number of piperidine rings is 1. The standard InChI is InChI=1S/C13H22N2O3/c1-9(16)14-11-6-10(13(17)18-2)7-15(8-11)12-4-3-5-12/h10-12H,3-8H2,1-2H3,(H,14,16). The van der Waals surface area contributed by atoms with Crippen molar-refractivity contribution in [3.63, 3.8) is 0 Å². The summed E-state index contributed by atoms with van der Waals surface area (Å²) in [7, 11) is 1.43. The molecule has 2 rings (SSSR count). The maximum atomic E-state index is 11.7. The molecule has 0 aromatic heterocycles. The Morgan fingerprint density at radius 3 is 2.50 bits per heavy atom. The van der Waals surface area contributed by atoms with Crippen LogP contribution in [0.3, 0.4) is 0 Å². The van der Waals surface area contributed by atoms with Gasteiger partial charge in [-0.05, 0) is 19.3 Å². The lowest BCUT2D eigenvalue weighted by molar-refractivity contribution is -0.148. The van der Waals surface area contributed by atoms with Gasteiger partial charge in [0.25, 0.3) is 0 Å². The third kappa shape index (κ3) is 3.02. The number of nitrogens with one attached hydrogen (secondary N) is 1. The zero-order valence-electron chi connectivity index (χ0n) is 11.1. The predicted molar refractivity (Wildman–Crippen MR) is 66.9 cm³/mol. The minimum atomic E-state index is -0.158. The smallest absolute Gasteiger partial charge is 0.310 e. The molecular weight excluding hydrogens is 232 g/mol. The number of carbonyl (C=O) groups excluding carboxylic acids is 2. The van der Waals surface area contributed by atoms with Crippen LogP contribution in [0.5, 0.6) is 0 Å². The molecule has 1 saturated heterocycles. The van der Waals surface area contributed by atoms with E-state index in [4.69, 9.17) is 4.74 Å². The van der Waals surface area contributed by atoms with Crippen molar-refractivity contribution >= 4 is 11.9 Å². The second kappa shape index (κ2) is 5.69. The van der Waals surface area contributed by atoms with Gasteiger partial charge in [-0.25, -0.2) is 0 Å². The monoisotopic (exact) mass is 254 g/mol. The molecule has 0 radical (unpaired) electrons. The molecule has 1 aliphatic heterocycles. The minimum Gasteiger partial charge on any atom is -0.469 e. The molecule has 102 valence electrons. The number of likely N-dealkylation sites (tertiary alicyclic amines) is 1. The molecule has 2 fully saturated rings. The number of methoxy groups -OCH3 is 1. The second-order valence-electron chi connectivity index (χ2n) is 5.39. The van der Waals surface area contributed by atoms with E-state index in [0.29, 0.717) is 12.5 Å². The average Bonchev–Trinajstić information content (AvgIpc) is 2.24. The summed E-state index contributed by atoms with van der Waals surface area (Å²) in [6.07, 6.45) is 4.38. The Balaban J connectivity index is 1.99. The van der Waals surface area contributed by atoms with Crippen molar-refractivity contribution in [2.45, 2.75) is 44.7 Å². The van der Waals surface area contributed by atoms with E-state index in [1.165, 1.54) is 33.3 Å². The molecule has 2 aliphatic rings. The largest absolute Gasteiger partial charge is 0.469 e. The van der Waals surface area contributed by atoms with E-state index in [1.54, 1.807) is 0 Å². The molecule has 18 heavy (non-hydrogen) atoms. The Morgan fingerprint density at radius 2 is 2.00 bits per heavy atom. The van der Waals surface area contributed by atoms with Crippen LogP contribution in [0.1, 0.15) is 32.6 Å². The van der Waals surface area contributed by atoms with Crippen LogP contribution >= 0.6 is 0 Å². The molecule has 0 aromatic rings. The molecule has 0 spiro atoms. The number of carbonyl (C=O) groups is 2. The third-order valence-electron chi connectivity index (χ3n) is 4.01. The van der Waals surface area contributed by atoms with Crippen LogP contribution < -0.4 is 5.32 Å². The topological polar surface area (TPSA) is 58.6 Å². The van der Waals surface area contributed by atoms with Crippen molar-refractivity contribution in [2.24, 2.45) is 5.92 Å². The van der Waals surface area contributed by atoms with Crippen molar-refractivity contribution in [3.05, 3.63) is 0 Å². The highest BCUT2D eigenvalue weighted by molar-refractivity contribution is 5.74. The van der Waals surface area contributed by atoms with E-state index in [-0.39, 0.29) is 23.8 Å². The third-order valence-corrected chi connectivity index (χ3v) is 4.01. The average molecular weight is 254 g/mol. The van der Waals surface area contributed by atoms with Crippen LogP contribution in [0.4, 0.5) is 0 Å². The SMILES string of the molecule is COC(=O)C1CC(NC(C)=O)CN(C2CCC2)C1. The van der Waals surface area contributed by atoms with Gasteiger partial charge in [-0.2, -0.15) is 0 Å². The van der Waals surface area contributed by atoms with Crippen molar-refractivity contribution < 1.29 is 14.3 Å². The number of ether oxygens (including phenoxy) is 1. The first-order valence-electron chi connectivity index (χ1n) is 6.69. The van der Waals surface area contributed by atoms with Crippen LogP contribution in [-0.2, 0) is 14.3 Å². The van der Waals surface area contributed by atoms with E-state index in [1.807, 2.05) is 0 Å². The van der Waals surface area contributed by atoms with Crippen molar-refractivity contribution in [3.8, 4) is 0 Å². The van der Waals surface area contributed by atoms with E-state index in [2.05, 4.69) is 10.2 Å². The van der Waals surface area contributed by atoms with Crippen LogP contribution in [0.15, 0.2) is 0 Å². The first-order valence-corrected chi connectivity index (χ1v) is 6.69. The number of amides is 1. The van der Waals surface area contributed by atoms with E-state index in [9.17, 15) is 9.59 Å². The molecule has 0 aromatic carbocycles. The van der Waals surface area contributed by atoms with Gasteiger partial charge in [-0.15, -0.1) is 0 Å². The Morgan fingerprint density at radius 1 is 1.28 bits per heavy atom. The quantitative estimate of drug-likeness (QED) is 0.747. The lowest BCUT2D eigenvalue weighted by Gasteiger charge is -2.44. The highest BCUT2D eigenvalue weighted by Crippen LogP contribution is 2.29. The highest BCUT2D eigenvalue weighted by atomic mass is 16.5. The molecule has 1 heterocycles. The fourth-order valence-corrected chi connectivity index (χ4v) is 2.91. The Labute approximate surface area is 108 Å². The number of hydrogen-bond acceptors (Lipinski definition) is 4. The predicted octanol–water partition coefficient (Wildman–Crippen LogP) is 0.539. The van der Waals surface area contributed by atoms with Gasteiger partial charge in [0.15, 0.2) is 0 Å². The first kappa shape index (κ1) is 13.3. The molecule has 1 saturated carbocycles. The molecule has 5 nitrogen and oxygen atoms in total. The van der Waals surface area contributed by atoms with E-state index >= 15 is 0 Å². The summed E-state index contributed by atoms with van der Waals surface area (Å²) in [5.41, 5.74) is 0. The maximum Gasteiger partial charge on any atom is 0.310 e. The molecule has 1 aliphatic carbocycles. The van der Waals surface area contributed by atoms with Gasteiger partial charge in [0.05, 0.1) is 13.0 Å². The summed E-state index contributed by atoms with van der Waals surface area (Å²) in [4.78, 5) is 25.2. The molecule has 5 heteroatoms. The molecule has 1 amide bonds. The first-order chi connectivity index (χ1) is 8.60. The Hall–Kier alpha value is -1.10. The van der Waals surface area contributed by atoms with Crippen molar-refractivity contribution in [1.29, 1.82) is 0 Å². The van der Waals surface area contributed by atoms with Crippen molar-refractivity contribution in [2.75, 3.05) is 20.2 Å². The lowest BCUT2D eigenvalue weighted by Crippen LogP contribution is -2.56. The normalized spacial score (nSPS) is 29.4. The van der Waals surface area contributed by atoms with Gasteiger partial charge >= 0.3 is 5.97 Å². The number of esters is 1. The zero-order chi connectivity index (χ0) is 13.1. The lowest BCUT2D eigenvalue weighted by atomic mass is 9.86. The maximum absolute atomic E-state index is 11.7. The molecule has 2 unspecified atom stereocenters. The fraction of sp³-hybridized carbons (Fsp3) is 0.846. The number of rotatable bonds is 3. The van der Waals surface area contributed by atoms with Crippen LogP contribution in [-0.4, -0.2) is 49.1 Å². The minimum absolute atomic E-state index is 0.0286. The summed E-state index contributed by atoms with van der Waals surface area (Å²) in [5.74, 6) is -0.297. The van der Waals surface area contributed by atoms with E-state index in [0.717, 1.165) is 13.1 Å². The number of nitrogens with zero attached hydrogens (tertiary/aromatic N) is 1. The van der Waals surface area contributed by atoms with E-state index < -0.39 is 0 Å². The van der Waals surface area contributed by atoms with Crippen molar-refractivity contribution in [1.82, 2.24) is 10.2 Å². The van der Waals surface area contributed by atoms with Gasteiger partial charge < -0.3 is 10.1 Å². The Kier molecular flexibility index (Phi) is 4.22. The summed E-state index contributed by atoms with van der Waals surface area (Å²) < 4.78 is 4.84. The summed E-state index contributed by atoms with van der Waals surface area (Å²) in [6.45, 7) is 3.15. The molecular formula is C13H22N2O3. The summed E-state index contributed by atoms with van der Waals surface area (Å²) >= 11 is 0. The van der Waals surface area contributed by atoms with Gasteiger partial charge in [-0.1, -0.05) is 6.42 Å². The van der Waals surface area contributed by atoms with Gasteiger partial charge in [-0.3, -0.25) is 14.5 Å². The summed E-state index contributed by atoms with van der Waals surface area (Å²) in [6, 6.07) is 0.662. The van der Waals surface area contributed by atoms with Gasteiger partial charge in [0.2, 0.25) is 5.91 Å². The Bertz CT molecular complexity index is 328. The van der Waals surface area contributed by atoms with Crippen LogP contribution in [0.2, 0.25) is 0 Å². The number of hydrogen-bond donors (Lipinski definition) is 1. The molecule has 2 atom stereocenters. The van der Waals surface area contributed by atoms with Gasteiger partial charge in [0.1, 0.15) is 0 Å². The zero-order valence-corrected chi connectivity index (χ0v) is 11.1. The van der Waals surface area contributed by atoms with Crippen LogP contribution in [0, 0.1) is 5.92 Å². The van der Waals surface area contributed by atoms with Gasteiger partial charge in [0, 0.05) is 32.1 Å².